The molecule has 0 spiro atoms. The SMILES string of the molecule is NCc1nnnn1C(c1ccccc1)(c1ccccc1)c1ccccc1. The van der Waals surface area contributed by atoms with Crippen LogP contribution >= 0.6 is 0 Å². The Morgan fingerprint density at radius 1 is 0.692 bits per heavy atom. The molecule has 0 fully saturated rings. The van der Waals surface area contributed by atoms with E-state index in [9.17, 15) is 0 Å². The first-order valence-electron chi connectivity index (χ1n) is 8.51. The summed E-state index contributed by atoms with van der Waals surface area (Å²) < 4.78 is 1.84. The highest BCUT2D eigenvalue weighted by atomic mass is 15.6. The molecule has 0 radical (unpaired) electrons. The first kappa shape index (κ1) is 16.2. The van der Waals surface area contributed by atoms with Crippen molar-refractivity contribution in [3.05, 3.63) is 114 Å². The number of nitrogens with zero attached hydrogens (tertiary/aromatic N) is 4. The van der Waals surface area contributed by atoms with Crippen LogP contribution in [0.1, 0.15) is 22.5 Å². The van der Waals surface area contributed by atoms with Crippen molar-refractivity contribution in [2.24, 2.45) is 5.73 Å². The van der Waals surface area contributed by atoms with Crippen molar-refractivity contribution < 1.29 is 0 Å². The van der Waals surface area contributed by atoms with Crippen molar-refractivity contribution in [3.63, 3.8) is 0 Å². The maximum atomic E-state index is 5.96. The van der Waals surface area contributed by atoms with Crippen molar-refractivity contribution in [1.82, 2.24) is 20.2 Å². The van der Waals surface area contributed by atoms with Crippen LogP contribution in [0.2, 0.25) is 0 Å². The normalized spacial score (nSPS) is 11.4. The van der Waals surface area contributed by atoms with Crippen LogP contribution in [0.3, 0.4) is 0 Å². The highest BCUT2D eigenvalue weighted by Crippen LogP contribution is 2.40. The molecular weight excluding hydrogens is 322 g/mol. The quantitative estimate of drug-likeness (QED) is 0.567. The molecule has 3 aromatic carbocycles. The molecule has 1 aromatic heterocycles. The highest BCUT2D eigenvalue weighted by Gasteiger charge is 2.41. The molecule has 5 nitrogen and oxygen atoms in total. The summed E-state index contributed by atoms with van der Waals surface area (Å²) in [6.07, 6.45) is 0. The summed E-state index contributed by atoms with van der Waals surface area (Å²) in [6.45, 7) is 0.251. The summed E-state index contributed by atoms with van der Waals surface area (Å²) in [5.74, 6) is 0.626. The topological polar surface area (TPSA) is 69.6 Å². The number of benzene rings is 3. The van der Waals surface area contributed by atoms with E-state index in [1.165, 1.54) is 0 Å². The average Bonchev–Trinajstić information content (AvgIpc) is 3.20. The van der Waals surface area contributed by atoms with Crippen molar-refractivity contribution in [1.29, 1.82) is 0 Å². The lowest BCUT2D eigenvalue weighted by molar-refractivity contribution is 0.430. The summed E-state index contributed by atoms with van der Waals surface area (Å²) in [5.41, 5.74) is 8.46. The second-order valence-corrected chi connectivity index (χ2v) is 6.02. The molecule has 0 amide bonds. The first-order valence-corrected chi connectivity index (χ1v) is 8.51. The number of hydrogen-bond donors (Lipinski definition) is 1. The van der Waals surface area contributed by atoms with Crippen molar-refractivity contribution >= 4 is 0 Å². The summed E-state index contributed by atoms with van der Waals surface area (Å²) in [5, 5.41) is 12.4. The molecule has 4 aromatic rings. The van der Waals surface area contributed by atoms with E-state index in [1.807, 2.05) is 59.3 Å². The van der Waals surface area contributed by atoms with E-state index in [4.69, 9.17) is 5.73 Å². The van der Waals surface area contributed by atoms with Gasteiger partial charge in [-0.2, -0.15) is 0 Å². The van der Waals surface area contributed by atoms with Crippen LogP contribution in [0.5, 0.6) is 0 Å². The standard InChI is InChI=1S/C21H19N5/c22-16-20-23-24-25-26(20)21(17-10-4-1-5-11-17,18-12-6-2-7-13-18)19-14-8-3-9-15-19/h1-15H,16,22H2. The van der Waals surface area contributed by atoms with Crippen LogP contribution in [0, 0.1) is 0 Å². The van der Waals surface area contributed by atoms with Gasteiger partial charge in [0.15, 0.2) is 5.82 Å². The molecule has 2 N–H and O–H groups in total. The molecule has 1 heterocycles. The zero-order valence-electron chi connectivity index (χ0n) is 14.2. The second-order valence-electron chi connectivity index (χ2n) is 6.02. The van der Waals surface area contributed by atoms with E-state index in [0.717, 1.165) is 16.7 Å². The highest BCUT2D eigenvalue weighted by molar-refractivity contribution is 5.50. The fourth-order valence-corrected chi connectivity index (χ4v) is 3.50. The minimum atomic E-state index is -0.706. The fourth-order valence-electron chi connectivity index (χ4n) is 3.50. The third kappa shape index (κ3) is 2.50. The molecule has 0 saturated heterocycles. The molecule has 5 heteroatoms. The van der Waals surface area contributed by atoms with Gasteiger partial charge in [0.25, 0.3) is 0 Å². The monoisotopic (exact) mass is 341 g/mol. The van der Waals surface area contributed by atoms with Gasteiger partial charge in [-0.05, 0) is 27.1 Å². The Morgan fingerprint density at radius 3 is 1.50 bits per heavy atom. The number of aromatic nitrogens is 4. The van der Waals surface area contributed by atoms with E-state index < -0.39 is 5.54 Å². The van der Waals surface area contributed by atoms with Gasteiger partial charge >= 0.3 is 0 Å². The number of tetrazole rings is 1. The predicted molar refractivity (Wildman–Crippen MR) is 100 cm³/mol. The Morgan fingerprint density at radius 2 is 1.12 bits per heavy atom. The summed E-state index contributed by atoms with van der Waals surface area (Å²) in [4.78, 5) is 0. The van der Waals surface area contributed by atoms with Gasteiger partial charge in [-0.1, -0.05) is 91.0 Å². The summed E-state index contributed by atoms with van der Waals surface area (Å²) in [6, 6.07) is 30.8. The molecule has 128 valence electrons. The van der Waals surface area contributed by atoms with Crippen LogP contribution in [-0.2, 0) is 12.1 Å². The van der Waals surface area contributed by atoms with Crippen molar-refractivity contribution in [2.45, 2.75) is 12.1 Å². The molecule has 26 heavy (non-hydrogen) atoms. The predicted octanol–water partition coefficient (Wildman–Crippen LogP) is 2.97. The van der Waals surface area contributed by atoms with Crippen LogP contribution in [0.15, 0.2) is 91.0 Å². The summed E-state index contributed by atoms with van der Waals surface area (Å²) in [7, 11) is 0. The molecule has 0 aliphatic rings. The Kier molecular flexibility index (Phi) is 4.29. The van der Waals surface area contributed by atoms with E-state index in [0.29, 0.717) is 5.82 Å². The minimum absolute atomic E-state index is 0.251. The van der Waals surface area contributed by atoms with Gasteiger partial charge in [-0.3, -0.25) is 0 Å². The third-order valence-electron chi connectivity index (χ3n) is 4.61. The smallest absolute Gasteiger partial charge is 0.166 e. The van der Waals surface area contributed by atoms with Crippen molar-refractivity contribution in [2.75, 3.05) is 0 Å². The lowest BCUT2D eigenvalue weighted by Crippen LogP contribution is -2.40. The van der Waals surface area contributed by atoms with Gasteiger partial charge in [0, 0.05) is 0 Å². The van der Waals surface area contributed by atoms with E-state index >= 15 is 0 Å². The maximum absolute atomic E-state index is 5.96. The first-order chi connectivity index (χ1) is 12.9. The average molecular weight is 341 g/mol. The van der Waals surface area contributed by atoms with Gasteiger partial charge < -0.3 is 5.73 Å². The van der Waals surface area contributed by atoms with Crippen molar-refractivity contribution in [3.8, 4) is 0 Å². The molecule has 4 rings (SSSR count). The maximum Gasteiger partial charge on any atom is 0.166 e. The van der Waals surface area contributed by atoms with Gasteiger partial charge in [-0.25, -0.2) is 4.68 Å². The van der Waals surface area contributed by atoms with Crippen LogP contribution < -0.4 is 5.73 Å². The molecule has 0 bridgehead atoms. The Balaban J connectivity index is 2.15. The molecule has 0 aliphatic heterocycles. The Labute approximate surface area is 152 Å². The second kappa shape index (κ2) is 6.90. The zero-order chi connectivity index (χ0) is 17.8. The number of rotatable bonds is 5. The van der Waals surface area contributed by atoms with E-state index in [2.05, 4.69) is 51.9 Å². The van der Waals surface area contributed by atoms with Crippen LogP contribution in [0.25, 0.3) is 0 Å². The molecule has 0 unspecified atom stereocenters. The van der Waals surface area contributed by atoms with Gasteiger partial charge in [0.05, 0.1) is 6.54 Å². The third-order valence-corrected chi connectivity index (χ3v) is 4.61. The lowest BCUT2D eigenvalue weighted by Gasteiger charge is -2.36. The largest absolute Gasteiger partial charge is 0.324 e. The molecular formula is C21H19N5. The molecule has 0 atom stereocenters. The Hall–Kier alpha value is -3.31. The zero-order valence-corrected chi connectivity index (χ0v) is 14.2. The van der Waals surface area contributed by atoms with Crippen LogP contribution in [0.4, 0.5) is 0 Å². The number of nitrogens with two attached hydrogens (primary N) is 1. The van der Waals surface area contributed by atoms with Gasteiger partial charge in [0.1, 0.15) is 5.54 Å². The van der Waals surface area contributed by atoms with E-state index in [1.54, 1.807) is 0 Å². The summed E-state index contributed by atoms with van der Waals surface area (Å²) >= 11 is 0. The Bertz CT molecular complexity index is 868. The van der Waals surface area contributed by atoms with E-state index in [-0.39, 0.29) is 6.54 Å². The van der Waals surface area contributed by atoms with Gasteiger partial charge in [-0.15, -0.1) is 5.10 Å². The molecule has 0 saturated carbocycles. The van der Waals surface area contributed by atoms with Crippen LogP contribution in [-0.4, -0.2) is 20.2 Å². The lowest BCUT2D eigenvalue weighted by atomic mass is 9.77. The molecule has 0 aliphatic carbocycles. The number of hydrogen-bond acceptors (Lipinski definition) is 4. The minimum Gasteiger partial charge on any atom is -0.324 e. The van der Waals surface area contributed by atoms with Gasteiger partial charge in [0.2, 0.25) is 0 Å². The fraction of sp³-hybridized carbons (Fsp3) is 0.0952.